The van der Waals surface area contributed by atoms with Crippen LogP contribution in [0.4, 0.5) is 0 Å². The van der Waals surface area contributed by atoms with Gasteiger partial charge in [-0.3, -0.25) is 4.79 Å². The number of hydrogen-bond donors (Lipinski definition) is 2. The molecule has 3 rings (SSSR count). The zero-order chi connectivity index (χ0) is 17.1. The Balaban J connectivity index is 1.84. The SMILES string of the molecule is C/C(=N\NC(=O)c1ccc(Cl)cc1)c1ccc2ccccc2c1O. The highest BCUT2D eigenvalue weighted by Crippen LogP contribution is 2.28. The van der Waals surface area contributed by atoms with Crippen LogP contribution in [0, 0.1) is 0 Å². The Bertz CT molecular complexity index is 934. The molecule has 120 valence electrons. The lowest BCUT2D eigenvalue weighted by molar-refractivity contribution is 0.0955. The van der Waals surface area contributed by atoms with Crippen LogP contribution in [0.5, 0.6) is 5.75 Å². The minimum atomic E-state index is -0.341. The molecule has 3 aromatic carbocycles. The van der Waals surface area contributed by atoms with Crippen LogP contribution in [0.3, 0.4) is 0 Å². The fraction of sp³-hybridized carbons (Fsp3) is 0.0526. The monoisotopic (exact) mass is 338 g/mol. The summed E-state index contributed by atoms with van der Waals surface area (Å²) >= 11 is 5.80. The van der Waals surface area contributed by atoms with Crippen molar-refractivity contribution in [3.8, 4) is 5.75 Å². The molecule has 0 aliphatic carbocycles. The standard InChI is InChI=1S/C19H15ClN2O2/c1-12(21-22-19(24)14-6-9-15(20)10-7-14)16-11-8-13-4-2-3-5-17(13)18(16)23/h2-11,23H,1H3,(H,22,24)/b21-12+. The normalized spacial score (nSPS) is 11.5. The van der Waals surface area contributed by atoms with E-state index < -0.39 is 0 Å². The number of hydrazone groups is 1. The molecule has 0 saturated heterocycles. The number of nitrogens with one attached hydrogen (secondary N) is 1. The van der Waals surface area contributed by atoms with Crippen LogP contribution in [0.1, 0.15) is 22.8 Å². The summed E-state index contributed by atoms with van der Waals surface area (Å²) in [5, 5.41) is 16.8. The highest BCUT2D eigenvalue weighted by atomic mass is 35.5. The molecule has 0 bridgehead atoms. The Morgan fingerprint density at radius 1 is 1.04 bits per heavy atom. The van der Waals surface area contributed by atoms with E-state index >= 15 is 0 Å². The third kappa shape index (κ3) is 3.24. The number of hydrogen-bond acceptors (Lipinski definition) is 3. The molecule has 0 spiro atoms. The second kappa shape index (κ2) is 6.72. The molecule has 0 saturated carbocycles. The number of fused-ring (bicyclic) bond motifs is 1. The van der Waals surface area contributed by atoms with Gasteiger partial charge in [0.25, 0.3) is 5.91 Å². The summed E-state index contributed by atoms with van der Waals surface area (Å²) in [6.07, 6.45) is 0. The van der Waals surface area contributed by atoms with Crippen LogP contribution < -0.4 is 5.43 Å². The number of amides is 1. The Labute approximate surface area is 144 Å². The summed E-state index contributed by atoms with van der Waals surface area (Å²) in [6, 6.07) is 17.8. The molecule has 24 heavy (non-hydrogen) atoms. The molecule has 0 unspecified atom stereocenters. The minimum Gasteiger partial charge on any atom is -0.507 e. The Hall–Kier alpha value is -2.85. The average Bonchev–Trinajstić information content (AvgIpc) is 2.60. The van der Waals surface area contributed by atoms with E-state index in [1.54, 1.807) is 37.3 Å². The van der Waals surface area contributed by atoms with Crippen molar-refractivity contribution in [3.63, 3.8) is 0 Å². The van der Waals surface area contributed by atoms with Crippen LogP contribution >= 0.6 is 11.6 Å². The first-order valence-corrected chi connectivity index (χ1v) is 7.75. The topological polar surface area (TPSA) is 61.7 Å². The summed E-state index contributed by atoms with van der Waals surface area (Å²) in [6.45, 7) is 1.73. The molecule has 0 aromatic heterocycles. The number of aromatic hydroxyl groups is 1. The summed E-state index contributed by atoms with van der Waals surface area (Å²) in [7, 11) is 0. The Morgan fingerprint density at radius 2 is 1.75 bits per heavy atom. The van der Waals surface area contributed by atoms with Crippen molar-refractivity contribution in [2.45, 2.75) is 6.92 Å². The molecule has 0 radical (unpaired) electrons. The highest BCUT2D eigenvalue weighted by molar-refractivity contribution is 6.30. The van der Waals surface area contributed by atoms with Gasteiger partial charge in [0.2, 0.25) is 0 Å². The zero-order valence-electron chi connectivity index (χ0n) is 13.0. The van der Waals surface area contributed by atoms with Gasteiger partial charge < -0.3 is 5.11 Å². The molecule has 0 aliphatic rings. The number of nitrogens with zero attached hydrogens (tertiary/aromatic N) is 1. The molecule has 0 fully saturated rings. The maximum absolute atomic E-state index is 12.1. The van der Waals surface area contributed by atoms with Gasteiger partial charge in [-0.2, -0.15) is 5.10 Å². The Morgan fingerprint density at radius 3 is 2.50 bits per heavy atom. The quantitative estimate of drug-likeness (QED) is 0.551. The van der Waals surface area contributed by atoms with Gasteiger partial charge in [-0.15, -0.1) is 0 Å². The third-order valence-corrected chi connectivity index (χ3v) is 3.97. The van der Waals surface area contributed by atoms with Crippen LogP contribution in [-0.2, 0) is 0 Å². The molecule has 5 heteroatoms. The lowest BCUT2D eigenvalue weighted by Crippen LogP contribution is -2.19. The van der Waals surface area contributed by atoms with E-state index in [9.17, 15) is 9.90 Å². The average molecular weight is 339 g/mol. The second-order valence-corrected chi connectivity index (χ2v) is 5.76. The van der Waals surface area contributed by atoms with Gasteiger partial charge in [-0.05, 0) is 42.6 Å². The van der Waals surface area contributed by atoms with Gasteiger partial charge in [-0.1, -0.05) is 41.9 Å². The smallest absolute Gasteiger partial charge is 0.271 e. The molecule has 0 atom stereocenters. The number of carbonyl (C=O) groups is 1. The van der Waals surface area contributed by atoms with E-state index in [1.807, 2.05) is 30.3 Å². The third-order valence-electron chi connectivity index (χ3n) is 3.72. The fourth-order valence-electron chi connectivity index (χ4n) is 2.41. The van der Waals surface area contributed by atoms with E-state index in [2.05, 4.69) is 10.5 Å². The molecule has 1 amide bonds. The lowest BCUT2D eigenvalue weighted by atomic mass is 10.0. The van der Waals surface area contributed by atoms with Crippen LogP contribution in [-0.4, -0.2) is 16.7 Å². The number of phenols is 1. The van der Waals surface area contributed by atoms with Gasteiger partial charge in [0.05, 0.1) is 5.71 Å². The van der Waals surface area contributed by atoms with Gasteiger partial charge in [0, 0.05) is 21.5 Å². The molecule has 4 nitrogen and oxygen atoms in total. The summed E-state index contributed by atoms with van der Waals surface area (Å²) < 4.78 is 0. The Kier molecular flexibility index (Phi) is 4.49. The van der Waals surface area contributed by atoms with Crippen molar-refractivity contribution in [2.75, 3.05) is 0 Å². The largest absolute Gasteiger partial charge is 0.507 e. The first-order chi connectivity index (χ1) is 11.6. The van der Waals surface area contributed by atoms with Crippen LogP contribution in [0.2, 0.25) is 5.02 Å². The zero-order valence-corrected chi connectivity index (χ0v) is 13.7. The van der Waals surface area contributed by atoms with Crippen molar-refractivity contribution in [2.24, 2.45) is 5.10 Å². The lowest BCUT2D eigenvalue weighted by Gasteiger charge is -2.08. The maximum Gasteiger partial charge on any atom is 0.271 e. The minimum absolute atomic E-state index is 0.148. The molecule has 3 aromatic rings. The first kappa shape index (κ1) is 16.0. The predicted molar refractivity (Wildman–Crippen MR) is 96.7 cm³/mol. The second-order valence-electron chi connectivity index (χ2n) is 5.33. The number of benzene rings is 3. The fourth-order valence-corrected chi connectivity index (χ4v) is 2.53. The van der Waals surface area contributed by atoms with E-state index in [1.165, 1.54) is 0 Å². The molecular weight excluding hydrogens is 324 g/mol. The number of rotatable bonds is 3. The van der Waals surface area contributed by atoms with Crippen molar-refractivity contribution in [3.05, 3.63) is 76.8 Å². The number of phenolic OH excluding ortho intramolecular Hbond substituents is 1. The summed E-state index contributed by atoms with van der Waals surface area (Å²) in [5.41, 5.74) is 4.03. The summed E-state index contributed by atoms with van der Waals surface area (Å²) in [4.78, 5) is 12.1. The van der Waals surface area contributed by atoms with Crippen molar-refractivity contribution >= 4 is 34.0 Å². The van der Waals surface area contributed by atoms with Crippen LogP contribution in [0.15, 0.2) is 65.8 Å². The van der Waals surface area contributed by atoms with Crippen molar-refractivity contribution in [1.82, 2.24) is 5.43 Å². The van der Waals surface area contributed by atoms with Gasteiger partial charge in [0.1, 0.15) is 5.75 Å². The highest BCUT2D eigenvalue weighted by Gasteiger charge is 2.10. The van der Waals surface area contributed by atoms with E-state index in [4.69, 9.17) is 11.6 Å². The molecular formula is C19H15ClN2O2. The first-order valence-electron chi connectivity index (χ1n) is 7.37. The summed E-state index contributed by atoms with van der Waals surface area (Å²) in [5.74, 6) is -0.193. The van der Waals surface area contributed by atoms with Gasteiger partial charge in [-0.25, -0.2) is 5.43 Å². The van der Waals surface area contributed by atoms with Gasteiger partial charge in [0.15, 0.2) is 0 Å². The van der Waals surface area contributed by atoms with E-state index in [-0.39, 0.29) is 11.7 Å². The van der Waals surface area contributed by atoms with Crippen LogP contribution in [0.25, 0.3) is 10.8 Å². The van der Waals surface area contributed by atoms with E-state index in [0.717, 1.165) is 10.8 Å². The number of carbonyl (C=O) groups excluding carboxylic acids is 1. The molecule has 0 aliphatic heterocycles. The van der Waals surface area contributed by atoms with E-state index in [0.29, 0.717) is 21.9 Å². The molecule has 0 heterocycles. The molecule has 2 N–H and O–H groups in total. The number of halogens is 1. The van der Waals surface area contributed by atoms with Crippen molar-refractivity contribution < 1.29 is 9.90 Å². The predicted octanol–water partition coefficient (Wildman–Crippen LogP) is 4.35. The van der Waals surface area contributed by atoms with Gasteiger partial charge >= 0.3 is 0 Å². The van der Waals surface area contributed by atoms with Crippen molar-refractivity contribution in [1.29, 1.82) is 0 Å². The maximum atomic E-state index is 12.1.